The molecule has 2 bridgehead atoms. The molecule has 0 aliphatic heterocycles. The number of aliphatic hydroxyl groups is 1. The molecule has 4 aliphatic rings. The summed E-state index contributed by atoms with van der Waals surface area (Å²) in [7, 11) is 0. The predicted molar refractivity (Wildman–Crippen MR) is 142 cm³/mol. The second kappa shape index (κ2) is 10.4. The highest BCUT2D eigenvalue weighted by molar-refractivity contribution is 5.03. The van der Waals surface area contributed by atoms with E-state index in [0.29, 0.717) is 16.7 Å². The molecule has 0 aromatic rings. The van der Waals surface area contributed by atoms with Crippen LogP contribution in [0.2, 0.25) is 0 Å². The fourth-order valence-electron chi connectivity index (χ4n) is 9.51. The first-order chi connectivity index (χ1) is 15.6. The molecule has 4 rings (SSSR count). The van der Waals surface area contributed by atoms with Crippen molar-refractivity contribution >= 4 is 0 Å². The molecule has 0 heterocycles. The summed E-state index contributed by atoms with van der Waals surface area (Å²) in [5, 5.41) is 10.5. The van der Waals surface area contributed by atoms with Crippen molar-refractivity contribution in [3.8, 4) is 0 Å². The van der Waals surface area contributed by atoms with Gasteiger partial charge in [0, 0.05) is 0 Å². The van der Waals surface area contributed by atoms with Crippen LogP contribution in [0, 0.1) is 52.3 Å². The molecule has 4 fully saturated rings. The SMILES string of the molecule is C=C(CCC(C)C1CCC2CCCC3CCC(CCC21C)C1(C)CCC(O)CC1C3)C(C)C. The number of hydrogen-bond acceptors (Lipinski definition) is 1. The van der Waals surface area contributed by atoms with Crippen LogP contribution in [-0.2, 0) is 0 Å². The molecule has 1 heteroatoms. The highest BCUT2D eigenvalue weighted by Crippen LogP contribution is 2.60. The molecule has 0 radical (unpaired) electrons. The summed E-state index contributed by atoms with van der Waals surface area (Å²) < 4.78 is 0. The molecule has 33 heavy (non-hydrogen) atoms. The van der Waals surface area contributed by atoms with Gasteiger partial charge in [0.25, 0.3) is 0 Å². The van der Waals surface area contributed by atoms with Crippen LogP contribution < -0.4 is 0 Å². The maximum Gasteiger partial charge on any atom is 0.0543 e. The third-order valence-electron chi connectivity index (χ3n) is 12.2. The molecule has 1 nitrogen and oxygen atoms in total. The number of allylic oxidation sites excluding steroid dienone is 1. The predicted octanol–water partition coefficient (Wildman–Crippen LogP) is 9.20. The molecule has 0 spiro atoms. The summed E-state index contributed by atoms with van der Waals surface area (Å²) in [5.41, 5.74) is 2.47. The summed E-state index contributed by atoms with van der Waals surface area (Å²) >= 11 is 0. The van der Waals surface area contributed by atoms with E-state index >= 15 is 0 Å². The van der Waals surface area contributed by atoms with Crippen molar-refractivity contribution in [2.75, 3.05) is 0 Å². The van der Waals surface area contributed by atoms with E-state index in [1.165, 1.54) is 89.0 Å². The molecule has 9 unspecified atom stereocenters. The summed E-state index contributed by atoms with van der Waals surface area (Å²) in [4.78, 5) is 0. The molecule has 9 atom stereocenters. The van der Waals surface area contributed by atoms with Gasteiger partial charge in [-0.25, -0.2) is 0 Å². The van der Waals surface area contributed by atoms with E-state index < -0.39 is 0 Å². The van der Waals surface area contributed by atoms with Gasteiger partial charge in [0.05, 0.1) is 6.10 Å². The second-order valence-electron chi connectivity index (χ2n) is 14.2. The van der Waals surface area contributed by atoms with E-state index in [1.807, 2.05) is 0 Å². The average Bonchev–Trinajstić information content (AvgIpc) is 3.00. The first-order valence-corrected chi connectivity index (χ1v) is 15.0. The van der Waals surface area contributed by atoms with E-state index in [-0.39, 0.29) is 6.10 Å². The Hall–Kier alpha value is -0.300. The van der Waals surface area contributed by atoms with Gasteiger partial charge in [-0.1, -0.05) is 66.0 Å². The quantitative estimate of drug-likeness (QED) is 0.409. The van der Waals surface area contributed by atoms with E-state index in [2.05, 4.69) is 41.2 Å². The van der Waals surface area contributed by atoms with Gasteiger partial charge in [0.15, 0.2) is 0 Å². The normalized spacial score (nSPS) is 45.1. The lowest BCUT2D eigenvalue weighted by Crippen LogP contribution is -2.42. The lowest BCUT2D eigenvalue weighted by Gasteiger charge is -2.49. The Balaban J connectivity index is 1.52. The van der Waals surface area contributed by atoms with Gasteiger partial charge in [0.1, 0.15) is 0 Å². The van der Waals surface area contributed by atoms with Gasteiger partial charge in [-0.05, 0) is 129 Å². The van der Waals surface area contributed by atoms with E-state index in [1.54, 1.807) is 0 Å². The molecule has 0 saturated heterocycles. The Labute approximate surface area is 206 Å². The first kappa shape index (κ1) is 25.8. The minimum atomic E-state index is -0.0297. The topological polar surface area (TPSA) is 20.2 Å². The fraction of sp³-hybridized carbons (Fsp3) is 0.938. The van der Waals surface area contributed by atoms with Gasteiger partial charge < -0.3 is 5.11 Å². The van der Waals surface area contributed by atoms with Crippen molar-refractivity contribution in [2.45, 2.75) is 137 Å². The third kappa shape index (κ3) is 5.29. The van der Waals surface area contributed by atoms with Crippen LogP contribution in [0.4, 0.5) is 0 Å². The minimum Gasteiger partial charge on any atom is -0.393 e. The number of rotatable bonds is 5. The van der Waals surface area contributed by atoms with Crippen LogP contribution in [-0.4, -0.2) is 11.2 Å². The zero-order chi connectivity index (χ0) is 23.8. The lowest BCUT2D eigenvalue weighted by atomic mass is 9.56. The second-order valence-corrected chi connectivity index (χ2v) is 14.2. The van der Waals surface area contributed by atoms with Gasteiger partial charge in [-0.15, -0.1) is 0 Å². The Morgan fingerprint density at radius 3 is 2.27 bits per heavy atom. The molecule has 4 saturated carbocycles. The largest absolute Gasteiger partial charge is 0.393 e. The van der Waals surface area contributed by atoms with Gasteiger partial charge in [-0.3, -0.25) is 0 Å². The Bertz CT molecular complexity index is 665. The summed E-state index contributed by atoms with van der Waals surface area (Å²) in [5.74, 6) is 5.88. The zero-order valence-corrected chi connectivity index (χ0v) is 22.9. The highest BCUT2D eigenvalue weighted by Gasteiger charge is 2.51. The van der Waals surface area contributed by atoms with Gasteiger partial charge in [-0.2, -0.15) is 0 Å². The van der Waals surface area contributed by atoms with Crippen molar-refractivity contribution in [1.82, 2.24) is 0 Å². The van der Waals surface area contributed by atoms with E-state index in [0.717, 1.165) is 48.3 Å². The summed E-state index contributed by atoms with van der Waals surface area (Å²) in [6, 6.07) is 0. The lowest BCUT2D eigenvalue weighted by molar-refractivity contribution is -0.0304. The smallest absolute Gasteiger partial charge is 0.0543 e. The standard InChI is InChI=1S/C32H56O/c1-22(2)23(3)10-11-24(4)30-15-14-26-9-7-8-25-12-13-27(16-18-32(26,30)6)31(5)19-17-29(33)21-28(31)20-25/h22,24-30,33H,3,7-21H2,1-2,4-6H3. The maximum atomic E-state index is 10.5. The number of hydrogen-bond donors (Lipinski definition) is 1. The molecular weight excluding hydrogens is 400 g/mol. The maximum absolute atomic E-state index is 10.5. The number of fused-ring (bicyclic) bond motifs is 6. The van der Waals surface area contributed by atoms with Gasteiger partial charge >= 0.3 is 0 Å². The van der Waals surface area contributed by atoms with Crippen LogP contribution >= 0.6 is 0 Å². The van der Waals surface area contributed by atoms with Gasteiger partial charge in [0.2, 0.25) is 0 Å². The molecule has 190 valence electrons. The van der Waals surface area contributed by atoms with E-state index in [4.69, 9.17) is 0 Å². The Morgan fingerprint density at radius 1 is 0.818 bits per heavy atom. The van der Waals surface area contributed by atoms with Crippen molar-refractivity contribution in [2.24, 2.45) is 52.3 Å². The van der Waals surface area contributed by atoms with Crippen molar-refractivity contribution in [1.29, 1.82) is 0 Å². The van der Waals surface area contributed by atoms with Crippen LogP contribution in [0.5, 0.6) is 0 Å². The zero-order valence-electron chi connectivity index (χ0n) is 22.9. The Morgan fingerprint density at radius 2 is 1.52 bits per heavy atom. The highest BCUT2D eigenvalue weighted by atomic mass is 16.3. The average molecular weight is 457 g/mol. The van der Waals surface area contributed by atoms with Crippen molar-refractivity contribution < 1.29 is 5.11 Å². The molecule has 0 amide bonds. The molecule has 0 aromatic heterocycles. The van der Waals surface area contributed by atoms with Crippen LogP contribution in [0.3, 0.4) is 0 Å². The molecular formula is C32H56O. The summed E-state index contributed by atoms with van der Waals surface area (Å²) in [6.45, 7) is 16.9. The number of aliphatic hydroxyl groups excluding tert-OH is 1. The third-order valence-corrected chi connectivity index (χ3v) is 12.2. The summed E-state index contributed by atoms with van der Waals surface area (Å²) in [6.07, 6.45) is 20.5. The molecule has 0 aromatic carbocycles. The minimum absolute atomic E-state index is 0.0297. The molecule has 1 N–H and O–H groups in total. The van der Waals surface area contributed by atoms with Crippen molar-refractivity contribution in [3.63, 3.8) is 0 Å². The van der Waals surface area contributed by atoms with Crippen molar-refractivity contribution in [3.05, 3.63) is 12.2 Å². The molecule has 4 aliphatic carbocycles. The van der Waals surface area contributed by atoms with Crippen LogP contribution in [0.1, 0.15) is 131 Å². The fourth-order valence-corrected chi connectivity index (χ4v) is 9.51. The monoisotopic (exact) mass is 456 g/mol. The van der Waals surface area contributed by atoms with E-state index in [9.17, 15) is 5.11 Å². The van der Waals surface area contributed by atoms with Crippen LogP contribution in [0.15, 0.2) is 12.2 Å². The van der Waals surface area contributed by atoms with Crippen LogP contribution in [0.25, 0.3) is 0 Å². The Kier molecular flexibility index (Phi) is 8.09. The first-order valence-electron chi connectivity index (χ1n) is 15.0.